The minimum absolute atomic E-state index is 0.248. The monoisotopic (exact) mass is 288 g/mol. The van der Waals surface area contributed by atoms with Gasteiger partial charge in [0.15, 0.2) is 0 Å². The molecule has 0 saturated carbocycles. The van der Waals surface area contributed by atoms with Gasteiger partial charge in [0.05, 0.1) is 10.7 Å². The van der Waals surface area contributed by atoms with Crippen LogP contribution in [0.1, 0.15) is 31.0 Å². The largest absolute Gasteiger partial charge is 0.291 e. The Morgan fingerprint density at radius 2 is 2.40 bits per heavy atom. The van der Waals surface area contributed by atoms with Crippen molar-refractivity contribution in [3.63, 3.8) is 0 Å². The molecule has 0 spiro atoms. The van der Waals surface area contributed by atoms with Gasteiger partial charge in [-0.2, -0.15) is 0 Å². The number of hydrogen-bond acceptors (Lipinski definition) is 3. The molecule has 1 atom stereocenters. The highest BCUT2D eigenvalue weighted by Gasteiger charge is 2.39. The van der Waals surface area contributed by atoms with E-state index in [-0.39, 0.29) is 5.54 Å². The zero-order valence-corrected chi connectivity index (χ0v) is 11.9. The first-order valence-corrected chi connectivity index (χ1v) is 7.10. The van der Waals surface area contributed by atoms with Crippen LogP contribution in [0.5, 0.6) is 0 Å². The molecule has 15 heavy (non-hydrogen) atoms. The zero-order valence-electron chi connectivity index (χ0n) is 9.46. The lowest BCUT2D eigenvalue weighted by Crippen LogP contribution is -2.42. The van der Waals surface area contributed by atoms with Crippen LogP contribution >= 0.6 is 27.3 Å². The Balaban J connectivity index is 2.07. The van der Waals surface area contributed by atoms with E-state index in [1.807, 2.05) is 0 Å². The molecule has 0 N–H and O–H groups in total. The van der Waals surface area contributed by atoms with E-state index in [4.69, 9.17) is 0 Å². The Labute approximate surface area is 104 Å². The highest BCUT2D eigenvalue weighted by molar-refractivity contribution is 9.09. The molecular weight excluding hydrogens is 272 g/mol. The van der Waals surface area contributed by atoms with Crippen LogP contribution in [0, 0.1) is 6.92 Å². The summed E-state index contributed by atoms with van der Waals surface area (Å²) >= 11 is 5.50. The summed E-state index contributed by atoms with van der Waals surface area (Å²) in [6, 6.07) is 0. The lowest BCUT2D eigenvalue weighted by molar-refractivity contribution is 0.169. The van der Waals surface area contributed by atoms with Crippen LogP contribution in [0.15, 0.2) is 5.38 Å². The predicted octanol–water partition coefficient (Wildman–Crippen LogP) is 3.20. The van der Waals surface area contributed by atoms with Crippen molar-refractivity contribution >= 4 is 27.3 Å². The van der Waals surface area contributed by atoms with Crippen LogP contribution < -0.4 is 0 Å². The van der Waals surface area contributed by atoms with E-state index in [0.29, 0.717) is 4.83 Å². The summed E-state index contributed by atoms with van der Waals surface area (Å²) in [5.74, 6) is 0. The van der Waals surface area contributed by atoms with Gasteiger partial charge in [-0.1, -0.05) is 15.9 Å². The summed E-state index contributed by atoms with van der Waals surface area (Å²) in [4.78, 5) is 7.64. The fourth-order valence-corrected chi connectivity index (χ4v) is 3.17. The Kier molecular flexibility index (Phi) is 3.20. The topological polar surface area (TPSA) is 16.1 Å². The lowest BCUT2D eigenvalue weighted by Gasteiger charge is -2.33. The number of alkyl halides is 1. The summed E-state index contributed by atoms with van der Waals surface area (Å²) in [5, 5.41) is 3.34. The minimum Gasteiger partial charge on any atom is -0.291 e. The van der Waals surface area contributed by atoms with Crippen molar-refractivity contribution in [3.05, 3.63) is 16.1 Å². The molecule has 1 aromatic heterocycles. The molecule has 1 fully saturated rings. The van der Waals surface area contributed by atoms with Gasteiger partial charge in [-0.25, -0.2) is 4.98 Å². The second kappa shape index (κ2) is 4.15. The molecule has 2 rings (SSSR count). The molecule has 0 bridgehead atoms. The second-order valence-electron chi connectivity index (χ2n) is 4.69. The van der Waals surface area contributed by atoms with E-state index in [9.17, 15) is 0 Å². The number of halogens is 1. The molecule has 2 heterocycles. The smallest absolute Gasteiger partial charge is 0.0897 e. The average molecular weight is 289 g/mol. The summed E-state index contributed by atoms with van der Waals surface area (Å²) < 4.78 is 0. The summed E-state index contributed by atoms with van der Waals surface area (Å²) in [6.45, 7) is 8.83. The molecule has 0 aliphatic carbocycles. The Hall–Kier alpha value is 0.0700. The van der Waals surface area contributed by atoms with Crippen LogP contribution in [-0.4, -0.2) is 26.8 Å². The normalized spacial score (nSPS) is 26.0. The molecule has 1 aliphatic rings. The maximum atomic E-state index is 4.53. The lowest BCUT2D eigenvalue weighted by atomic mass is 10.0. The Morgan fingerprint density at radius 1 is 1.67 bits per heavy atom. The number of aryl methyl sites for hydroxylation is 1. The van der Waals surface area contributed by atoms with Gasteiger partial charge in [-0.05, 0) is 27.2 Å². The fourth-order valence-electron chi connectivity index (χ4n) is 2.07. The van der Waals surface area contributed by atoms with Gasteiger partial charge < -0.3 is 0 Å². The quantitative estimate of drug-likeness (QED) is 0.777. The van der Waals surface area contributed by atoms with Crippen LogP contribution in [0.3, 0.4) is 0 Å². The molecule has 1 unspecified atom stereocenters. The minimum atomic E-state index is 0.248. The first-order valence-electron chi connectivity index (χ1n) is 5.30. The highest BCUT2D eigenvalue weighted by atomic mass is 79.9. The van der Waals surface area contributed by atoms with Crippen molar-refractivity contribution in [2.24, 2.45) is 0 Å². The molecule has 1 aromatic rings. The molecule has 0 amide bonds. The van der Waals surface area contributed by atoms with Crippen LogP contribution in [-0.2, 0) is 6.54 Å². The maximum absolute atomic E-state index is 4.53. The van der Waals surface area contributed by atoms with E-state index in [1.165, 1.54) is 18.7 Å². The maximum Gasteiger partial charge on any atom is 0.0897 e. The third-order valence-electron chi connectivity index (χ3n) is 3.25. The van der Waals surface area contributed by atoms with Crippen LogP contribution in [0.25, 0.3) is 0 Å². The standard InChI is InChI=1S/C11H17BrN2S/c1-8-13-9(7-15-8)6-14-5-4-10(12)11(14,2)3/h7,10H,4-6H2,1-3H3. The summed E-state index contributed by atoms with van der Waals surface area (Å²) in [5.41, 5.74) is 1.46. The first kappa shape index (κ1) is 11.6. The van der Waals surface area contributed by atoms with Crippen LogP contribution in [0.2, 0.25) is 0 Å². The van der Waals surface area contributed by atoms with E-state index in [2.05, 4.69) is 52.0 Å². The Bertz CT molecular complexity index is 348. The fraction of sp³-hybridized carbons (Fsp3) is 0.727. The molecule has 2 nitrogen and oxygen atoms in total. The SMILES string of the molecule is Cc1nc(CN2CCC(Br)C2(C)C)cs1. The van der Waals surface area contributed by atoms with Gasteiger partial charge in [-0.3, -0.25) is 4.90 Å². The summed E-state index contributed by atoms with van der Waals surface area (Å²) in [7, 11) is 0. The average Bonchev–Trinajstić information content (AvgIpc) is 2.66. The first-order chi connectivity index (χ1) is 7.00. The van der Waals surface area contributed by atoms with Gasteiger partial charge in [-0.15, -0.1) is 11.3 Å². The van der Waals surface area contributed by atoms with E-state index in [1.54, 1.807) is 11.3 Å². The van der Waals surface area contributed by atoms with E-state index in [0.717, 1.165) is 11.6 Å². The van der Waals surface area contributed by atoms with Crippen molar-refractivity contribution in [2.45, 2.75) is 44.1 Å². The van der Waals surface area contributed by atoms with Gasteiger partial charge in [0.1, 0.15) is 0 Å². The van der Waals surface area contributed by atoms with Crippen LogP contribution in [0.4, 0.5) is 0 Å². The van der Waals surface area contributed by atoms with Gasteiger partial charge in [0.2, 0.25) is 0 Å². The van der Waals surface area contributed by atoms with E-state index >= 15 is 0 Å². The number of nitrogens with zero attached hydrogens (tertiary/aromatic N) is 2. The molecular formula is C11H17BrN2S. The predicted molar refractivity (Wildman–Crippen MR) is 68.7 cm³/mol. The highest BCUT2D eigenvalue weighted by Crippen LogP contribution is 2.35. The molecule has 4 heteroatoms. The van der Waals surface area contributed by atoms with Crippen molar-refractivity contribution in [1.29, 1.82) is 0 Å². The summed E-state index contributed by atoms with van der Waals surface area (Å²) in [6.07, 6.45) is 1.23. The molecule has 0 radical (unpaired) electrons. The van der Waals surface area contributed by atoms with Crippen molar-refractivity contribution in [1.82, 2.24) is 9.88 Å². The Morgan fingerprint density at radius 3 is 2.87 bits per heavy atom. The zero-order chi connectivity index (χ0) is 11.1. The van der Waals surface area contributed by atoms with Crippen molar-refractivity contribution in [3.8, 4) is 0 Å². The number of hydrogen-bond donors (Lipinski definition) is 0. The number of thiazole rings is 1. The molecule has 0 aromatic carbocycles. The third-order valence-corrected chi connectivity index (χ3v) is 5.65. The van der Waals surface area contributed by atoms with Gasteiger partial charge in [0, 0.05) is 28.8 Å². The molecule has 84 valence electrons. The van der Waals surface area contributed by atoms with Crippen molar-refractivity contribution < 1.29 is 0 Å². The molecule has 1 aliphatic heterocycles. The number of likely N-dealkylation sites (tertiary alicyclic amines) is 1. The van der Waals surface area contributed by atoms with Gasteiger partial charge in [0.25, 0.3) is 0 Å². The van der Waals surface area contributed by atoms with Gasteiger partial charge >= 0.3 is 0 Å². The third kappa shape index (κ3) is 2.27. The number of aromatic nitrogens is 1. The number of rotatable bonds is 2. The van der Waals surface area contributed by atoms with Crippen molar-refractivity contribution in [2.75, 3.05) is 6.54 Å². The second-order valence-corrected chi connectivity index (χ2v) is 6.86. The molecule has 1 saturated heterocycles. The van der Waals surface area contributed by atoms with E-state index < -0.39 is 0 Å².